The molecule has 24 heavy (non-hydrogen) atoms. The molecule has 0 radical (unpaired) electrons. The molecule has 2 aromatic rings. The molecular weight excluding hydrogens is 326 g/mol. The van der Waals surface area contributed by atoms with Gasteiger partial charge in [0, 0.05) is 22.3 Å². The van der Waals surface area contributed by atoms with Gasteiger partial charge in [0.05, 0.1) is 6.04 Å². The summed E-state index contributed by atoms with van der Waals surface area (Å²) in [5.74, 6) is -0.683. The lowest BCUT2D eigenvalue weighted by Crippen LogP contribution is -2.39. The van der Waals surface area contributed by atoms with Gasteiger partial charge in [0.2, 0.25) is 11.8 Å². The maximum atomic E-state index is 12.3. The van der Waals surface area contributed by atoms with E-state index in [4.69, 9.17) is 17.3 Å². The third-order valence-electron chi connectivity index (χ3n) is 3.70. The van der Waals surface area contributed by atoms with Gasteiger partial charge in [-0.2, -0.15) is 0 Å². The van der Waals surface area contributed by atoms with Gasteiger partial charge in [-0.15, -0.1) is 0 Å². The van der Waals surface area contributed by atoms with Crippen molar-refractivity contribution in [2.45, 2.75) is 25.9 Å². The number of halogens is 1. The van der Waals surface area contributed by atoms with Crippen molar-refractivity contribution >= 4 is 29.1 Å². The normalized spacial score (nSPS) is 13.1. The van der Waals surface area contributed by atoms with E-state index in [9.17, 15) is 9.59 Å². The van der Waals surface area contributed by atoms with Crippen LogP contribution in [0.5, 0.6) is 0 Å². The lowest BCUT2D eigenvalue weighted by Gasteiger charge is -2.21. The van der Waals surface area contributed by atoms with Crippen molar-refractivity contribution in [1.82, 2.24) is 5.32 Å². The molecule has 0 heterocycles. The number of hydrogen-bond acceptors (Lipinski definition) is 3. The first-order valence-electron chi connectivity index (χ1n) is 7.59. The number of carbonyl (C=O) groups excluding carboxylic acids is 2. The van der Waals surface area contributed by atoms with Crippen LogP contribution in [0.25, 0.3) is 0 Å². The van der Waals surface area contributed by atoms with Crippen molar-refractivity contribution in [3.63, 3.8) is 0 Å². The molecule has 5 nitrogen and oxygen atoms in total. The second-order valence-electron chi connectivity index (χ2n) is 5.56. The van der Waals surface area contributed by atoms with E-state index in [1.807, 2.05) is 31.2 Å². The minimum Gasteiger partial charge on any atom is -0.366 e. The van der Waals surface area contributed by atoms with Crippen LogP contribution < -0.4 is 16.4 Å². The van der Waals surface area contributed by atoms with Crippen molar-refractivity contribution in [3.05, 3.63) is 64.7 Å². The number of rotatable bonds is 6. The molecule has 2 aromatic carbocycles. The van der Waals surface area contributed by atoms with E-state index < -0.39 is 11.9 Å². The number of primary amides is 1. The van der Waals surface area contributed by atoms with Gasteiger partial charge in [-0.3, -0.25) is 14.9 Å². The highest BCUT2D eigenvalue weighted by molar-refractivity contribution is 6.31. The van der Waals surface area contributed by atoms with E-state index in [1.165, 1.54) is 0 Å². The van der Waals surface area contributed by atoms with Crippen LogP contribution in [0.3, 0.4) is 0 Å². The first-order valence-corrected chi connectivity index (χ1v) is 7.97. The van der Waals surface area contributed by atoms with E-state index in [-0.39, 0.29) is 11.9 Å². The fraction of sp³-hybridized carbons (Fsp3) is 0.222. The molecule has 4 N–H and O–H groups in total. The Morgan fingerprint density at radius 3 is 2.25 bits per heavy atom. The highest BCUT2D eigenvalue weighted by Crippen LogP contribution is 2.22. The van der Waals surface area contributed by atoms with Gasteiger partial charge in [-0.05, 0) is 49.7 Å². The predicted molar refractivity (Wildman–Crippen MR) is 96.1 cm³/mol. The van der Waals surface area contributed by atoms with Crippen LogP contribution in [0.4, 0.5) is 5.69 Å². The SMILES string of the molecule is C[C@@H](N[C@H](C)c1ccccc1Cl)C(=O)Nc1ccc(C(N)=O)cc1. The number of amides is 2. The summed E-state index contributed by atoms with van der Waals surface area (Å²) in [6, 6.07) is 13.4. The maximum absolute atomic E-state index is 12.3. The van der Waals surface area contributed by atoms with Crippen molar-refractivity contribution < 1.29 is 9.59 Å². The van der Waals surface area contributed by atoms with Crippen LogP contribution in [0.1, 0.15) is 35.8 Å². The first kappa shape index (κ1) is 18.0. The molecule has 2 atom stereocenters. The number of carbonyl (C=O) groups is 2. The molecule has 6 heteroatoms. The van der Waals surface area contributed by atoms with E-state index in [0.29, 0.717) is 16.3 Å². The van der Waals surface area contributed by atoms with Gasteiger partial charge in [-0.25, -0.2) is 0 Å². The minimum atomic E-state index is -0.503. The number of nitrogens with two attached hydrogens (primary N) is 1. The summed E-state index contributed by atoms with van der Waals surface area (Å²) in [6.45, 7) is 3.73. The Morgan fingerprint density at radius 2 is 1.67 bits per heavy atom. The molecule has 0 aliphatic rings. The fourth-order valence-electron chi connectivity index (χ4n) is 2.34. The molecule has 0 fully saturated rings. The zero-order chi connectivity index (χ0) is 17.7. The van der Waals surface area contributed by atoms with E-state index in [2.05, 4.69) is 10.6 Å². The highest BCUT2D eigenvalue weighted by Gasteiger charge is 2.17. The zero-order valence-electron chi connectivity index (χ0n) is 13.5. The summed E-state index contributed by atoms with van der Waals surface area (Å²) >= 11 is 6.17. The van der Waals surface area contributed by atoms with E-state index in [0.717, 1.165) is 5.56 Å². The summed E-state index contributed by atoms with van der Waals surface area (Å²) in [7, 11) is 0. The van der Waals surface area contributed by atoms with Crippen molar-refractivity contribution in [2.75, 3.05) is 5.32 Å². The van der Waals surface area contributed by atoms with Crippen LogP contribution in [-0.2, 0) is 4.79 Å². The molecule has 126 valence electrons. The predicted octanol–water partition coefficient (Wildman–Crippen LogP) is 3.12. The average Bonchev–Trinajstić information content (AvgIpc) is 2.55. The molecule has 0 aliphatic heterocycles. The van der Waals surface area contributed by atoms with Gasteiger partial charge in [0.1, 0.15) is 0 Å². The third kappa shape index (κ3) is 4.57. The Balaban J connectivity index is 1.97. The smallest absolute Gasteiger partial charge is 0.248 e. The summed E-state index contributed by atoms with van der Waals surface area (Å²) in [4.78, 5) is 23.3. The summed E-state index contributed by atoms with van der Waals surface area (Å²) in [6.07, 6.45) is 0. The van der Waals surface area contributed by atoms with Crippen LogP contribution >= 0.6 is 11.6 Å². The Kier molecular flexibility index (Phi) is 5.95. The lowest BCUT2D eigenvalue weighted by molar-refractivity contribution is -0.117. The molecule has 0 saturated heterocycles. The molecule has 0 aromatic heterocycles. The third-order valence-corrected chi connectivity index (χ3v) is 4.05. The highest BCUT2D eigenvalue weighted by atomic mass is 35.5. The van der Waals surface area contributed by atoms with E-state index in [1.54, 1.807) is 31.2 Å². The van der Waals surface area contributed by atoms with Crippen LogP contribution in [-0.4, -0.2) is 17.9 Å². The Labute approximate surface area is 146 Å². The molecule has 0 spiro atoms. The fourth-order valence-corrected chi connectivity index (χ4v) is 2.63. The van der Waals surface area contributed by atoms with Crippen molar-refractivity contribution in [1.29, 1.82) is 0 Å². The second kappa shape index (κ2) is 7.95. The number of hydrogen-bond donors (Lipinski definition) is 3. The lowest BCUT2D eigenvalue weighted by atomic mass is 10.1. The molecule has 2 amide bonds. The molecular formula is C18H20ClN3O2. The first-order chi connectivity index (χ1) is 11.4. The molecule has 0 aliphatic carbocycles. The van der Waals surface area contributed by atoms with Gasteiger partial charge in [0.15, 0.2) is 0 Å². The Morgan fingerprint density at radius 1 is 1.04 bits per heavy atom. The average molecular weight is 346 g/mol. The summed E-state index contributed by atoms with van der Waals surface area (Å²) in [5, 5.41) is 6.67. The molecule has 2 rings (SSSR count). The molecule has 0 unspecified atom stereocenters. The van der Waals surface area contributed by atoms with E-state index >= 15 is 0 Å². The number of benzene rings is 2. The quantitative estimate of drug-likeness (QED) is 0.752. The van der Waals surface area contributed by atoms with Crippen molar-refractivity contribution in [3.8, 4) is 0 Å². The number of nitrogens with one attached hydrogen (secondary N) is 2. The monoisotopic (exact) mass is 345 g/mol. The molecule has 0 bridgehead atoms. The maximum Gasteiger partial charge on any atom is 0.248 e. The Hall–Kier alpha value is -2.37. The van der Waals surface area contributed by atoms with Crippen LogP contribution in [0.2, 0.25) is 5.02 Å². The van der Waals surface area contributed by atoms with Gasteiger partial charge >= 0.3 is 0 Å². The largest absolute Gasteiger partial charge is 0.366 e. The topological polar surface area (TPSA) is 84.2 Å². The minimum absolute atomic E-state index is 0.0725. The van der Waals surface area contributed by atoms with Gasteiger partial charge in [-0.1, -0.05) is 29.8 Å². The van der Waals surface area contributed by atoms with Crippen LogP contribution in [0, 0.1) is 0 Å². The molecule has 0 saturated carbocycles. The Bertz CT molecular complexity index is 731. The van der Waals surface area contributed by atoms with Crippen LogP contribution in [0.15, 0.2) is 48.5 Å². The van der Waals surface area contributed by atoms with Gasteiger partial charge < -0.3 is 11.1 Å². The van der Waals surface area contributed by atoms with Gasteiger partial charge in [0.25, 0.3) is 0 Å². The number of anilines is 1. The summed E-state index contributed by atoms with van der Waals surface area (Å²) in [5.41, 5.74) is 7.12. The standard InChI is InChI=1S/C18H20ClN3O2/c1-11(15-5-3-4-6-16(15)19)21-12(2)18(24)22-14-9-7-13(8-10-14)17(20)23/h3-12,21H,1-2H3,(H2,20,23)(H,22,24)/t11-,12-/m1/s1. The zero-order valence-corrected chi connectivity index (χ0v) is 14.3. The second-order valence-corrected chi connectivity index (χ2v) is 5.97. The summed E-state index contributed by atoms with van der Waals surface area (Å²) < 4.78 is 0. The van der Waals surface area contributed by atoms with Crippen molar-refractivity contribution in [2.24, 2.45) is 5.73 Å².